The van der Waals surface area contributed by atoms with E-state index >= 15 is 0 Å². The average Bonchev–Trinajstić information content (AvgIpc) is 2.57. The van der Waals surface area contributed by atoms with Gasteiger partial charge in [-0.3, -0.25) is 0 Å². The molecule has 0 aliphatic heterocycles. The first kappa shape index (κ1) is 18.9. The molecule has 0 bridgehead atoms. The maximum absolute atomic E-state index is 12.7. The summed E-state index contributed by atoms with van der Waals surface area (Å²) in [4.78, 5) is -0.0355. The van der Waals surface area contributed by atoms with Crippen molar-refractivity contribution < 1.29 is 17.9 Å². The van der Waals surface area contributed by atoms with Crippen LogP contribution in [0.25, 0.3) is 0 Å². The average molecular weight is 390 g/mol. The lowest BCUT2D eigenvalue weighted by atomic mass is 10.2. The molecule has 0 aromatic heterocycles. The summed E-state index contributed by atoms with van der Waals surface area (Å²) in [5.74, 6) is 1.16. The van der Waals surface area contributed by atoms with E-state index in [1.807, 2.05) is 0 Å². The molecular formula is C16H17Cl2NO4S. The molecule has 5 nitrogen and oxygen atoms in total. The highest BCUT2D eigenvalue weighted by Crippen LogP contribution is 2.32. The third-order valence-corrected chi connectivity index (χ3v) is 6.27. The number of ether oxygens (including phenoxy) is 2. The Hall–Kier alpha value is -1.47. The van der Waals surface area contributed by atoms with Crippen molar-refractivity contribution in [1.29, 1.82) is 0 Å². The van der Waals surface area contributed by atoms with Gasteiger partial charge in [0.25, 0.3) is 0 Å². The number of rotatable bonds is 6. The fraction of sp³-hybridized carbons (Fsp3) is 0.250. The van der Waals surface area contributed by atoms with E-state index in [9.17, 15) is 8.42 Å². The molecule has 2 aromatic rings. The second-order valence-electron chi connectivity index (χ2n) is 4.99. The van der Waals surface area contributed by atoms with Crippen molar-refractivity contribution in [2.24, 2.45) is 0 Å². The van der Waals surface area contributed by atoms with Gasteiger partial charge in [-0.15, -0.1) is 0 Å². The fourth-order valence-electron chi connectivity index (χ4n) is 2.16. The molecule has 0 heterocycles. The van der Waals surface area contributed by atoms with Gasteiger partial charge in [-0.25, -0.2) is 8.42 Å². The summed E-state index contributed by atoms with van der Waals surface area (Å²) in [6, 6.07) is 9.69. The molecule has 0 N–H and O–H groups in total. The highest BCUT2D eigenvalue weighted by molar-refractivity contribution is 7.89. The molecule has 0 amide bonds. The second-order valence-corrected chi connectivity index (χ2v) is 7.79. The van der Waals surface area contributed by atoms with Gasteiger partial charge in [0, 0.05) is 25.2 Å². The lowest BCUT2D eigenvalue weighted by Crippen LogP contribution is -2.27. The molecule has 2 aromatic carbocycles. The van der Waals surface area contributed by atoms with Crippen LogP contribution < -0.4 is 9.47 Å². The van der Waals surface area contributed by atoms with Gasteiger partial charge in [-0.05, 0) is 18.2 Å². The number of nitrogens with zero attached hydrogens (tertiary/aromatic N) is 1. The minimum absolute atomic E-state index is 0.00714. The quantitative estimate of drug-likeness (QED) is 0.752. The zero-order chi connectivity index (χ0) is 17.9. The predicted octanol–water partition coefficient (Wildman–Crippen LogP) is 3.83. The summed E-state index contributed by atoms with van der Waals surface area (Å²) in [5.41, 5.74) is 0.697. The van der Waals surface area contributed by atoms with Crippen LogP contribution in [0.1, 0.15) is 5.56 Å². The molecule has 24 heavy (non-hydrogen) atoms. The number of benzene rings is 2. The van der Waals surface area contributed by atoms with Crippen molar-refractivity contribution >= 4 is 33.2 Å². The minimum Gasteiger partial charge on any atom is -0.497 e. The largest absolute Gasteiger partial charge is 0.497 e. The summed E-state index contributed by atoms with van der Waals surface area (Å²) < 4.78 is 37.1. The van der Waals surface area contributed by atoms with Crippen molar-refractivity contribution in [2.45, 2.75) is 11.4 Å². The van der Waals surface area contributed by atoms with Crippen molar-refractivity contribution in [2.75, 3.05) is 21.3 Å². The first-order chi connectivity index (χ1) is 11.3. The summed E-state index contributed by atoms with van der Waals surface area (Å²) in [5, 5.41) is 0.195. The van der Waals surface area contributed by atoms with Gasteiger partial charge in [0.05, 0.1) is 24.3 Å². The monoisotopic (exact) mass is 389 g/mol. The Kier molecular flexibility index (Phi) is 5.98. The van der Waals surface area contributed by atoms with Crippen LogP contribution in [-0.2, 0) is 16.6 Å². The van der Waals surface area contributed by atoms with Crippen LogP contribution >= 0.6 is 23.2 Å². The van der Waals surface area contributed by atoms with Crippen LogP contribution in [0, 0.1) is 0 Å². The molecule has 0 unspecified atom stereocenters. The van der Waals surface area contributed by atoms with Crippen molar-refractivity contribution in [1.82, 2.24) is 4.31 Å². The molecule has 130 valence electrons. The Labute approximate surface area is 151 Å². The molecular weight excluding hydrogens is 373 g/mol. The van der Waals surface area contributed by atoms with Gasteiger partial charge >= 0.3 is 0 Å². The molecule has 0 radical (unpaired) electrons. The molecule has 0 spiro atoms. The smallest absolute Gasteiger partial charge is 0.244 e. The van der Waals surface area contributed by atoms with Crippen LogP contribution in [0.5, 0.6) is 11.5 Å². The summed E-state index contributed by atoms with van der Waals surface area (Å²) in [7, 11) is 0.730. The van der Waals surface area contributed by atoms with Gasteiger partial charge in [0.2, 0.25) is 10.0 Å². The van der Waals surface area contributed by atoms with Crippen molar-refractivity contribution in [3.63, 3.8) is 0 Å². The van der Waals surface area contributed by atoms with Crippen LogP contribution in [0.4, 0.5) is 0 Å². The van der Waals surface area contributed by atoms with E-state index in [0.717, 1.165) is 0 Å². The van der Waals surface area contributed by atoms with E-state index in [1.54, 1.807) is 31.4 Å². The zero-order valence-corrected chi connectivity index (χ0v) is 15.7. The lowest BCUT2D eigenvalue weighted by molar-refractivity contribution is 0.384. The van der Waals surface area contributed by atoms with Gasteiger partial charge in [-0.2, -0.15) is 4.31 Å². The van der Waals surface area contributed by atoms with E-state index < -0.39 is 10.0 Å². The standard InChI is InChI=1S/C16H17Cl2NO4S/c1-19(10-11-7-8-12(22-2)9-14(11)23-3)24(20,21)15-6-4-5-13(17)16(15)18/h4-9H,10H2,1-3H3. The Morgan fingerprint density at radius 1 is 1.08 bits per heavy atom. The molecule has 2 rings (SSSR count). The third kappa shape index (κ3) is 3.78. The molecule has 0 atom stereocenters. The predicted molar refractivity (Wildman–Crippen MR) is 94.7 cm³/mol. The fourth-order valence-corrected chi connectivity index (χ4v) is 4.04. The topological polar surface area (TPSA) is 55.8 Å². The van der Waals surface area contributed by atoms with Gasteiger partial charge in [0.1, 0.15) is 16.4 Å². The Bertz CT molecular complexity index is 840. The molecule has 0 saturated heterocycles. The maximum Gasteiger partial charge on any atom is 0.244 e. The number of methoxy groups -OCH3 is 2. The third-order valence-electron chi connectivity index (χ3n) is 3.49. The normalized spacial score (nSPS) is 11.6. The molecule has 0 aliphatic carbocycles. The van der Waals surface area contributed by atoms with Crippen LogP contribution in [0.3, 0.4) is 0 Å². The Morgan fingerprint density at radius 3 is 2.42 bits per heavy atom. The highest BCUT2D eigenvalue weighted by atomic mass is 35.5. The van der Waals surface area contributed by atoms with Crippen molar-refractivity contribution in [3.8, 4) is 11.5 Å². The van der Waals surface area contributed by atoms with Gasteiger partial charge in [0.15, 0.2) is 0 Å². The number of sulfonamides is 1. The first-order valence-corrected chi connectivity index (χ1v) is 9.12. The van der Waals surface area contributed by atoms with E-state index in [4.69, 9.17) is 32.7 Å². The summed E-state index contributed by atoms with van der Waals surface area (Å²) in [6.45, 7) is 0.109. The Balaban J connectivity index is 2.35. The number of hydrogen-bond donors (Lipinski definition) is 0. The Morgan fingerprint density at radius 2 is 1.79 bits per heavy atom. The highest BCUT2D eigenvalue weighted by Gasteiger charge is 2.25. The van der Waals surface area contributed by atoms with Gasteiger partial charge in [-0.1, -0.05) is 35.3 Å². The SMILES string of the molecule is COc1ccc(CN(C)S(=O)(=O)c2cccc(Cl)c2Cl)c(OC)c1. The zero-order valence-electron chi connectivity index (χ0n) is 13.4. The molecule has 0 fully saturated rings. The first-order valence-electron chi connectivity index (χ1n) is 6.92. The van der Waals surface area contributed by atoms with Crippen LogP contribution in [-0.4, -0.2) is 34.0 Å². The van der Waals surface area contributed by atoms with Crippen LogP contribution in [0.15, 0.2) is 41.3 Å². The molecule has 8 heteroatoms. The van der Waals surface area contributed by atoms with Gasteiger partial charge < -0.3 is 9.47 Å². The maximum atomic E-state index is 12.7. The number of halogens is 2. The van der Waals surface area contributed by atoms with E-state index in [-0.39, 0.29) is 21.5 Å². The van der Waals surface area contributed by atoms with E-state index in [1.165, 1.54) is 30.6 Å². The van der Waals surface area contributed by atoms with E-state index in [0.29, 0.717) is 17.1 Å². The minimum atomic E-state index is -3.80. The molecule has 0 aliphatic rings. The van der Waals surface area contributed by atoms with Crippen LogP contribution in [0.2, 0.25) is 10.0 Å². The van der Waals surface area contributed by atoms with E-state index in [2.05, 4.69) is 0 Å². The number of hydrogen-bond acceptors (Lipinski definition) is 4. The molecule has 0 saturated carbocycles. The summed E-state index contributed by atoms with van der Waals surface area (Å²) >= 11 is 12.0. The second kappa shape index (κ2) is 7.61. The lowest BCUT2D eigenvalue weighted by Gasteiger charge is -2.20. The summed E-state index contributed by atoms with van der Waals surface area (Å²) in [6.07, 6.45) is 0. The van der Waals surface area contributed by atoms with Crippen molar-refractivity contribution in [3.05, 3.63) is 52.0 Å².